The molecule has 1 amide bonds. The summed E-state index contributed by atoms with van der Waals surface area (Å²) in [6, 6.07) is 3.52. The first-order valence-corrected chi connectivity index (χ1v) is 10.2. The Labute approximate surface area is 142 Å². The highest BCUT2D eigenvalue weighted by Crippen LogP contribution is 2.21. The van der Waals surface area contributed by atoms with Crippen LogP contribution in [0, 0.1) is 5.92 Å². The molecular weight excluding hydrogens is 334 g/mol. The summed E-state index contributed by atoms with van der Waals surface area (Å²) in [4.78, 5) is 14.0. The van der Waals surface area contributed by atoms with Crippen molar-refractivity contribution in [1.82, 2.24) is 14.5 Å². The number of nitrogens with zero attached hydrogens (tertiary/aromatic N) is 2. The maximum atomic E-state index is 12.4. The Morgan fingerprint density at radius 3 is 2.43 bits per heavy atom. The lowest BCUT2D eigenvalue weighted by molar-refractivity contribution is -0.123. The molecule has 0 saturated carbocycles. The Kier molecular flexibility index (Phi) is 6.19. The van der Waals surface area contributed by atoms with E-state index in [-0.39, 0.29) is 11.9 Å². The fraction of sp³-hybridized carbons (Fsp3) is 0.667. The third-order valence-electron chi connectivity index (χ3n) is 4.18. The highest BCUT2D eigenvalue weighted by Gasteiger charge is 2.29. The van der Waals surface area contributed by atoms with Crippen LogP contribution in [-0.4, -0.2) is 62.3 Å². The predicted molar refractivity (Wildman–Crippen MR) is 92.0 cm³/mol. The highest BCUT2D eigenvalue weighted by atomic mass is 32.2. The Morgan fingerprint density at radius 2 is 1.91 bits per heavy atom. The van der Waals surface area contributed by atoms with Crippen molar-refractivity contribution in [3.05, 3.63) is 17.5 Å². The molecule has 0 spiro atoms. The molecule has 0 aromatic carbocycles. The van der Waals surface area contributed by atoms with Crippen molar-refractivity contribution in [1.29, 1.82) is 0 Å². The van der Waals surface area contributed by atoms with Gasteiger partial charge in [-0.1, -0.05) is 19.9 Å². The Morgan fingerprint density at radius 1 is 1.26 bits per heavy atom. The van der Waals surface area contributed by atoms with E-state index >= 15 is 0 Å². The van der Waals surface area contributed by atoms with Gasteiger partial charge in [0.2, 0.25) is 5.91 Å². The molecule has 0 unspecified atom stereocenters. The van der Waals surface area contributed by atoms with E-state index in [1.165, 1.54) is 15.6 Å². The zero-order valence-electron chi connectivity index (χ0n) is 13.9. The van der Waals surface area contributed by atoms with Crippen LogP contribution in [0.15, 0.2) is 21.7 Å². The molecule has 130 valence electrons. The van der Waals surface area contributed by atoms with E-state index in [1.54, 1.807) is 17.5 Å². The number of hydrogen-bond acceptors (Lipinski definition) is 5. The number of sulfonamides is 1. The Bertz CT molecular complexity index is 606. The molecule has 8 heteroatoms. The first-order valence-electron chi connectivity index (χ1n) is 7.86. The van der Waals surface area contributed by atoms with Crippen LogP contribution >= 0.6 is 11.3 Å². The lowest BCUT2D eigenvalue weighted by Crippen LogP contribution is -2.51. The first kappa shape index (κ1) is 18.4. The van der Waals surface area contributed by atoms with Crippen LogP contribution in [0.2, 0.25) is 0 Å². The zero-order valence-corrected chi connectivity index (χ0v) is 15.5. The molecule has 1 N–H and O–H groups in total. The van der Waals surface area contributed by atoms with Crippen molar-refractivity contribution < 1.29 is 13.2 Å². The predicted octanol–water partition coefficient (Wildman–Crippen LogP) is 1.22. The molecule has 0 radical (unpaired) electrons. The van der Waals surface area contributed by atoms with Gasteiger partial charge in [0, 0.05) is 32.2 Å². The average molecular weight is 360 g/mol. The summed E-state index contributed by atoms with van der Waals surface area (Å²) in [7, 11) is -3.38. The van der Waals surface area contributed by atoms with Gasteiger partial charge in [0.25, 0.3) is 10.0 Å². The molecule has 0 aliphatic carbocycles. The lowest BCUT2D eigenvalue weighted by atomic mass is 10.1. The maximum Gasteiger partial charge on any atom is 0.252 e. The molecule has 1 aliphatic heterocycles. The summed E-state index contributed by atoms with van der Waals surface area (Å²) in [5.74, 6) is 0.396. The summed E-state index contributed by atoms with van der Waals surface area (Å²) in [5, 5.41) is 4.75. The van der Waals surface area contributed by atoms with Crippen molar-refractivity contribution in [2.75, 3.05) is 32.7 Å². The normalized spacial score (nSPS) is 19.0. The highest BCUT2D eigenvalue weighted by molar-refractivity contribution is 7.91. The molecule has 1 saturated heterocycles. The minimum atomic E-state index is -3.38. The standard InChI is InChI=1S/C15H25N3O3S2/c1-12(2)13(3)16-14(19)11-17-6-8-18(9-7-17)23(20,21)15-5-4-10-22-15/h4-5,10,12-13H,6-9,11H2,1-3H3,(H,16,19)/t13-/m1/s1. The minimum absolute atomic E-state index is 0.000707. The third-order valence-corrected chi connectivity index (χ3v) is 7.45. The molecule has 0 bridgehead atoms. The van der Waals surface area contributed by atoms with Crippen LogP contribution in [0.4, 0.5) is 0 Å². The average Bonchev–Trinajstić information content (AvgIpc) is 3.02. The molecule has 1 atom stereocenters. The summed E-state index contributed by atoms with van der Waals surface area (Å²) >= 11 is 1.24. The van der Waals surface area contributed by atoms with Crippen molar-refractivity contribution in [2.45, 2.75) is 31.0 Å². The molecule has 2 heterocycles. The minimum Gasteiger partial charge on any atom is -0.352 e. The van der Waals surface area contributed by atoms with Crippen LogP contribution in [0.5, 0.6) is 0 Å². The fourth-order valence-electron chi connectivity index (χ4n) is 2.33. The van der Waals surface area contributed by atoms with Crippen molar-refractivity contribution in [2.24, 2.45) is 5.92 Å². The number of nitrogens with one attached hydrogen (secondary N) is 1. The Hall–Kier alpha value is -0.960. The SMILES string of the molecule is CC(C)[C@@H](C)NC(=O)CN1CCN(S(=O)(=O)c2cccs2)CC1. The van der Waals surface area contributed by atoms with Crippen LogP contribution in [0.3, 0.4) is 0 Å². The summed E-state index contributed by atoms with van der Waals surface area (Å²) in [5.41, 5.74) is 0. The van der Waals surface area contributed by atoms with Crippen molar-refractivity contribution in [3.8, 4) is 0 Å². The molecule has 6 nitrogen and oxygen atoms in total. The molecule has 1 aromatic heterocycles. The fourth-order valence-corrected chi connectivity index (χ4v) is 4.90. The van der Waals surface area contributed by atoms with Gasteiger partial charge in [-0.25, -0.2) is 8.42 Å². The number of carbonyl (C=O) groups is 1. The maximum absolute atomic E-state index is 12.4. The van der Waals surface area contributed by atoms with Gasteiger partial charge in [-0.3, -0.25) is 9.69 Å². The quantitative estimate of drug-likeness (QED) is 0.829. The number of hydrogen-bond donors (Lipinski definition) is 1. The number of rotatable bonds is 6. The number of carbonyl (C=O) groups excluding carboxylic acids is 1. The largest absolute Gasteiger partial charge is 0.352 e. The van der Waals surface area contributed by atoms with E-state index in [4.69, 9.17) is 0 Å². The van der Waals surface area contributed by atoms with Crippen LogP contribution in [0.25, 0.3) is 0 Å². The van der Waals surface area contributed by atoms with Gasteiger partial charge in [0.05, 0.1) is 6.54 Å². The molecular formula is C15H25N3O3S2. The lowest BCUT2D eigenvalue weighted by Gasteiger charge is -2.33. The molecule has 1 aromatic rings. The zero-order chi connectivity index (χ0) is 17.0. The molecule has 1 aliphatic rings. The molecule has 2 rings (SSSR count). The second kappa shape index (κ2) is 7.74. The van der Waals surface area contributed by atoms with E-state index in [2.05, 4.69) is 19.2 Å². The molecule has 23 heavy (non-hydrogen) atoms. The van der Waals surface area contributed by atoms with Gasteiger partial charge in [-0.15, -0.1) is 11.3 Å². The monoisotopic (exact) mass is 359 g/mol. The topological polar surface area (TPSA) is 69.7 Å². The smallest absolute Gasteiger partial charge is 0.252 e. The summed E-state index contributed by atoms with van der Waals surface area (Å²) < 4.78 is 26.8. The Balaban J connectivity index is 1.83. The van der Waals surface area contributed by atoms with E-state index in [1.807, 2.05) is 11.8 Å². The van der Waals surface area contributed by atoms with Gasteiger partial charge in [0.15, 0.2) is 0 Å². The summed E-state index contributed by atoms with van der Waals surface area (Å²) in [6.45, 7) is 8.46. The third kappa shape index (κ3) is 4.76. The second-order valence-corrected chi connectivity index (χ2v) is 9.32. The van der Waals surface area contributed by atoms with E-state index in [0.29, 0.717) is 42.9 Å². The van der Waals surface area contributed by atoms with Gasteiger partial charge >= 0.3 is 0 Å². The summed E-state index contributed by atoms with van der Waals surface area (Å²) in [6.07, 6.45) is 0. The van der Waals surface area contributed by atoms with Gasteiger partial charge in [-0.2, -0.15) is 4.31 Å². The second-order valence-electron chi connectivity index (χ2n) is 6.21. The van der Waals surface area contributed by atoms with Gasteiger partial charge < -0.3 is 5.32 Å². The number of piperazine rings is 1. The van der Waals surface area contributed by atoms with Crippen molar-refractivity contribution in [3.63, 3.8) is 0 Å². The number of amides is 1. The van der Waals surface area contributed by atoms with E-state index in [9.17, 15) is 13.2 Å². The number of thiophene rings is 1. The van der Waals surface area contributed by atoms with E-state index < -0.39 is 10.0 Å². The van der Waals surface area contributed by atoms with Crippen LogP contribution in [0.1, 0.15) is 20.8 Å². The van der Waals surface area contributed by atoms with Gasteiger partial charge in [0.1, 0.15) is 4.21 Å². The van der Waals surface area contributed by atoms with Crippen LogP contribution in [-0.2, 0) is 14.8 Å². The van der Waals surface area contributed by atoms with Gasteiger partial charge in [-0.05, 0) is 24.3 Å². The van der Waals surface area contributed by atoms with Crippen molar-refractivity contribution >= 4 is 27.3 Å². The van der Waals surface area contributed by atoms with E-state index in [0.717, 1.165) is 0 Å². The molecule has 1 fully saturated rings. The first-order chi connectivity index (χ1) is 10.8. The van der Waals surface area contributed by atoms with Crippen LogP contribution < -0.4 is 5.32 Å².